The molecule has 1 rings (SSSR count). The van der Waals surface area contributed by atoms with Crippen molar-refractivity contribution in [2.45, 2.75) is 13.3 Å². The van der Waals surface area contributed by atoms with Gasteiger partial charge < -0.3 is 4.90 Å². The van der Waals surface area contributed by atoms with E-state index in [2.05, 4.69) is 6.07 Å². The molecule has 0 aliphatic rings. The van der Waals surface area contributed by atoms with Crippen molar-refractivity contribution in [2.24, 2.45) is 0 Å². The number of amides is 1. The predicted octanol–water partition coefficient (Wildman–Crippen LogP) is 2.69. The van der Waals surface area contributed by atoms with Gasteiger partial charge in [-0.1, -0.05) is 18.2 Å². The summed E-state index contributed by atoms with van der Waals surface area (Å²) in [5, 5.41) is 8.41. The maximum absolute atomic E-state index is 12.0. The molecule has 17 heavy (non-hydrogen) atoms. The summed E-state index contributed by atoms with van der Waals surface area (Å²) in [5.41, 5.74) is 0.931. The van der Waals surface area contributed by atoms with Crippen LogP contribution in [0.25, 0.3) is 0 Å². The number of carbonyl (C=O) groups is 1. The molecular formula is C13H16N2OS. The molecule has 0 aliphatic heterocycles. The van der Waals surface area contributed by atoms with Crippen molar-refractivity contribution in [3.63, 3.8) is 0 Å². The predicted molar refractivity (Wildman–Crippen MR) is 72.0 cm³/mol. The van der Waals surface area contributed by atoms with Crippen LogP contribution in [0.2, 0.25) is 0 Å². The Balaban J connectivity index is 2.51. The van der Waals surface area contributed by atoms with E-state index in [1.54, 1.807) is 4.90 Å². The summed E-state index contributed by atoms with van der Waals surface area (Å²) >= 11 is 1.51. The van der Waals surface area contributed by atoms with Crippen LogP contribution in [0.15, 0.2) is 30.3 Å². The lowest BCUT2D eigenvalue weighted by molar-refractivity contribution is -0.116. The van der Waals surface area contributed by atoms with Crippen LogP contribution in [0.1, 0.15) is 13.3 Å². The molecular weight excluding hydrogens is 232 g/mol. The zero-order valence-corrected chi connectivity index (χ0v) is 10.7. The van der Waals surface area contributed by atoms with Crippen LogP contribution < -0.4 is 4.90 Å². The fourth-order valence-electron chi connectivity index (χ4n) is 1.47. The maximum Gasteiger partial charge on any atom is 0.236 e. The van der Waals surface area contributed by atoms with E-state index in [9.17, 15) is 4.79 Å². The summed E-state index contributed by atoms with van der Waals surface area (Å²) in [4.78, 5) is 13.7. The van der Waals surface area contributed by atoms with Gasteiger partial charge in [-0.3, -0.25) is 4.79 Å². The number of benzene rings is 1. The molecule has 0 saturated heterocycles. The first-order chi connectivity index (χ1) is 8.29. The summed E-state index contributed by atoms with van der Waals surface area (Å²) in [6.45, 7) is 2.63. The Morgan fingerprint density at radius 1 is 1.41 bits per heavy atom. The van der Waals surface area contributed by atoms with Gasteiger partial charge in [-0.05, 0) is 19.1 Å². The molecule has 0 radical (unpaired) electrons. The zero-order chi connectivity index (χ0) is 12.5. The molecule has 0 unspecified atom stereocenters. The topological polar surface area (TPSA) is 44.1 Å². The summed E-state index contributed by atoms with van der Waals surface area (Å²) in [5.74, 6) is 1.25. The maximum atomic E-state index is 12.0. The number of anilines is 1. The average Bonchev–Trinajstić information content (AvgIpc) is 2.37. The van der Waals surface area contributed by atoms with Gasteiger partial charge in [0.05, 0.1) is 11.8 Å². The number of hydrogen-bond acceptors (Lipinski definition) is 3. The Morgan fingerprint density at radius 3 is 2.71 bits per heavy atom. The van der Waals surface area contributed by atoms with Crippen LogP contribution in [-0.4, -0.2) is 24.0 Å². The highest BCUT2D eigenvalue weighted by Crippen LogP contribution is 2.15. The monoisotopic (exact) mass is 248 g/mol. The van der Waals surface area contributed by atoms with Crippen LogP contribution in [0.5, 0.6) is 0 Å². The van der Waals surface area contributed by atoms with Crippen molar-refractivity contribution in [2.75, 3.05) is 23.0 Å². The van der Waals surface area contributed by atoms with E-state index in [0.717, 1.165) is 5.69 Å². The van der Waals surface area contributed by atoms with Crippen molar-refractivity contribution in [3.05, 3.63) is 30.3 Å². The van der Waals surface area contributed by atoms with E-state index in [1.165, 1.54) is 11.8 Å². The standard InChI is InChI=1S/C13H16N2OS/c1-2-15(12-7-4-3-5-8-12)13(16)11-17-10-6-9-14/h3-5,7-8H,2,6,10-11H2,1H3. The molecule has 0 N–H and O–H groups in total. The van der Waals surface area contributed by atoms with Crippen molar-refractivity contribution in [1.82, 2.24) is 0 Å². The Bertz CT molecular complexity index is 386. The third-order valence-corrected chi connectivity index (χ3v) is 3.21. The van der Waals surface area contributed by atoms with Gasteiger partial charge in [0.15, 0.2) is 0 Å². The highest BCUT2D eigenvalue weighted by atomic mass is 32.2. The third-order valence-electron chi connectivity index (χ3n) is 2.27. The van der Waals surface area contributed by atoms with Gasteiger partial charge in [0.1, 0.15) is 0 Å². The highest BCUT2D eigenvalue weighted by Gasteiger charge is 2.12. The van der Waals surface area contributed by atoms with Crippen LogP contribution in [0.4, 0.5) is 5.69 Å². The molecule has 0 fully saturated rings. The molecule has 1 aromatic carbocycles. The molecule has 0 bridgehead atoms. The normalized spacial score (nSPS) is 9.65. The summed E-state index contributed by atoms with van der Waals surface area (Å²) in [7, 11) is 0. The molecule has 0 spiro atoms. The number of carbonyl (C=O) groups excluding carboxylic acids is 1. The third kappa shape index (κ3) is 4.49. The Labute approximate surface area is 106 Å². The van der Waals surface area contributed by atoms with E-state index in [-0.39, 0.29) is 5.91 Å². The molecule has 1 aromatic rings. The van der Waals surface area contributed by atoms with E-state index in [4.69, 9.17) is 5.26 Å². The second kappa shape index (κ2) is 7.75. The SMILES string of the molecule is CCN(C(=O)CSCCC#N)c1ccccc1. The quantitative estimate of drug-likeness (QED) is 0.727. The van der Waals surface area contributed by atoms with Gasteiger partial charge >= 0.3 is 0 Å². The average molecular weight is 248 g/mol. The second-order valence-electron chi connectivity index (χ2n) is 3.43. The first-order valence-corrected chi connectivity index (χ1v) is 6.75. The lowest BCUT2D eigenvalue weighted by Crippen LogP contribution is -2.32. The van der Waals surface area contributed by atoms with Gasteiger partial charge in [-0.15, -0.1) is 0 Å². The molecule has 0 aliphatic carbocycles. The number of hydrogen-bond donors (Lipinski definition) is 0. The number of nitriles is 1. The Morgan fingerprint density at radius 2 is 2.12 bits per heavy atom. The molecule has 4 heteroatoms. The lowest BCUT2D eigenvalue weighted by Gasteiger charge is -2.20. The van der Waals surface area contributed by atoms with Gasteiger partial charge in [0.25, 0.3) is 0 Å². The van der Waals surface area contributed by atoms with Crippen LogP contribution >= 0.6 is 11.8 Å². The van der Waals surface area contributed by atoms with Gasteiger partial charge in [0.2, 0.25) is 5.91 Å². The molecule has 0 aromatic heterocycles. The van der Waals surface area contributed by atoms with Crippen molar-refractivity contribution in [3.8, 4) is 6.07 Å². The molecule has 0 atom stereocenters. The number of rotatable bonds is 6. The fourth-order valence-corrected chi connectivity index (χ4v) is 2.18. The minimum Gasteiger partial charge on any atom is -0.312 e. The smallest absolute Gasteiger partial charge is 0.236 e. The molecule has 3 nitrogen and oxygen atoms in total. The number of nitrogens with zero attached hydrogens (tertiary/aromatic N) is 2. The lowest BCUT2D eigenvalue weighted by atomic mass is 10.3. The molecule has 0 saturated carbocycles. The van der Waals surface area contributed by atoms with Crippen LogP contribution in [0, 0.1) is 11.3 Å². The van der Waals surface area contributed by atoms with Crippen LogP contribution in [0.3, 0.4) is 0 Å². The van der Waals surface area contributed by atoms with Crippen molar-refractivity contribution in [1.29, 1.82) is 5.26 Å². The highest BCUT2D eigenvalue weighted by molar-refractivity contribution is 7.99. The Kier molecular flexibility index (Phi) is 6.19. The molecule has 0 heterocycles. The van der Waals surface area contributed by atoms with Gasteiger partial charge in [-0.2, -0.15) is 17.0 Å². The largest absolute Gasteiger partial charge is 0.312 e. The minimum atomic E-state index is 0.0987. The first-order valence-electron chi connectivity index (χ1n) is 5.59. The number of thioether (sulfide) groups is 1. The van der Waals surface area contributed by atoms with E-state index in [1.807, 2.05) is 37.3 Å². The van der Waals surface area contributed by atoms with Gasteiger partial charge in [0, 0.05) is 24.4 Å². The minimum absolute atomic E-state index is 0.0987. The summed E-state index contributed by atoms with van der Waals surface area (Å²) in [6, 6.07) is 11.7. The second-order valence-corrected chi connectivity index (χ2v) is 4.54. The first kappa shape index (κ1) is 13.6. The van der Waals surface area contributed by atoms with E-state index in [0.29, 0.717) is 24.5 Å². The number of para-hydroxylation sites is 1. The Hall–Kier alpha value is -1.47. The van der Waals surface area contributed by atoms with Crippen LogP contribution in [-0.2, 0) is 4.79 Å². The fraction of sp³-hybridized carbons (Fsp3) is 0.385. The van der Waals surface area contributed by atoms with Crippen molar-refractivity contribution < 1.29 is 4.79 Å². The summed E-state index contributed by atoms with van der Waals surface area (Å²) in [6.07, 6.45) is 0.495. The van der Waals surface area contributed by atoms with Gasteiger partial charge in [-0.25, -0.2) is 0 Å². The van der Waals surface area contributed by atoms with E-state index >= 15 is 0 Å². The summed E-state index contributed by atoms with van der Waals surface area (Å²) < 4.78 is 0. The molecule has 1 amide bonds. The zero-order valence-electron chi connectivity index (χ0n) is 9.93. The van der Waals surface area contributed by atoms with Crippen molar-refractivity contribution >= 4 is 23.4 Å². The molecule has 90 valence electrons. The van der Waals surface area contributed by atoms with E-state index < -0.39 is 0 Å².